The van der Waals surface area contributed by atoms with Crippen molar-refractivity contribution < 1.29 is 41.7 Å². The normalized spacial score (nSPS) is 35.5. The second-order valence-electron chi connectivity index (χ2n) is 4.53. The Labute approximate surface area is 123 Å². The Morgan fingerprint density at radius 3 is 1.24 bits per heavy atom. The third-order valence-corrected chi connectivity index (χ3v) is 6.73. The van der Waals surface area contributed by atoms with E-state index in [1.54, 1.807) is 0 Å². The van der Waals surface area contributed by atoms with E-state index in [1.165, 1.54) is 35.2 Å². The SMILES string of the molecule is COC(=O)[C@@]1(C)OP(OC)(OC)(OC)O[C@]1(C)C(=O)OC. The third kappa shape index (κ3) is 2.25. The zero-order chi connectivity index (χ0) is 16.6. The number of carbonyl (C=O) groups is 2. The zero-order valence-electron chi connectivity index (χ0n) is 13.1. The van der Waals surface area contributed by atoms with Gasteiger partial charge in [-0.3, -0.25) is 0 Å². The third-order valence-electron chi connectivity index (χ3n) is 3.62. The van der Waals surface area contributed by atoms with Crippen molar-refractivity contribution in [3.05, 3.63) is 0 Å². The Morgan fingerprint density at radius 2 is 1.05 bits per heavy atom. The molecule has 0 N–H and O–H groups in total. The molecule has 21 heavy (non-hydrogen) atoms. The standard InChI is InChI=1S/C11H21O9P/c1-10(8(12)14-3)11(2,9(13)15-4)20-21(16-5,17-6,18-7)19-10/h1-7H3/t10-,11-/m1/s1. The monoisotopic (exact) mass is 328 g/mol. The second-order valence-corrected chi connectivity index (χ2v) is 7.48. The molecule has 1 heterocycles. The molecule has 1 fully saturated rings. The van der Waals surface area contributed by atoms with Crippen LogP contribution in [-0.4, -0.2) is 58.7 Å². The summed E-state index contributed by atoms with van der Waals surface area (Å²) in [7, 11) is 1.31. The van der Waals surface area contributed by atoms with Crippen molar-refractivity contribution in [1.82, 2.24) is 0 Å². The quantitative estimate of drug-likeness (QED) is 0.540. The van der Waals surface area contributed by atoms with E-state index in [1.807, 2.05) is 0 Å². The number of carbonyl (C=O) groups excluding carboxylic acids is 2. The van der Waals surface area contributed by atoms with E-state index in [4.69, 9.17) is 32.1 Å². The van der Waals surface area contributed by atoms with Crippen molar-refractivity contribution in [3.63, 3.8) is 0 Å². The van der Waals surface area contributed by atoms with Gasteiger partial charge in [-0.05, 0) is 0 Å². The summed E-state index contributed by atoms with van der Waals surface area (Å²) in [5.41, 5.74) is -3.79. The molecular formula is C11H21O9P. The molecule has 2 atom stereocenters. The van der Waals surface area contributed by atoms with E-state index in [0.29, 0.717) is 0 Å². The molecule has 1 aliphatic heterocycles. The predicted octanol–water partition coefficient (Wildman–Crippen LogP) is 0.964. The fourth-order valence-electron chi connectivity index (χ4n) is 2.09. The van der Waals surface area contributed by atoms with Crippen LogP contribution in [0.25, 0.3) is 0 Å². The Hall–Kier alpha value is -0.830. The van der Waals surface area contributed by atoms with Crippen LogP contribution in [0.4, 0.5) is 0 Å². The minimum absolute atomic E-state index is 0.868. The number of rotatable bonds is 5. The van der Waals surface area contributed by atoms with Crippen LogP contribution in [0.15, 0.2) is 0 Å². The Kier molecular flexibility index (Phi) is 4.70. The van der Waals surface area contributed by atoms with Crippen LogP contribution in [-0.2, 0) is 41.7 Å². The minimum atomic E-state index is -4.62. The van der Waals surface area contributed by atoms with Gasteiger partial charge in [-0.2, -0.15) is 0 Å². The van der Waals surface area contributed by atoms with Gasteiger partial charge in [0.15, 0.2) is 0 Å². The second kappa shape index (κ2) is 5.42. The molecule has 0 aliphatic carbocycles. The van der Waals surface area contributed by atoms with Gasteiger partial charge in [-0.1, -0.05) is 0 Å². The molecule has 0 bridgehead atoms. The van der Waals surface area contributed by atoms with Gasteiger partial charge in [-0.25, -0.2) is 0 Å². The van der Waals surface area contributed by atoms with E-state index < -0.39 is 30.9 Å². The molecule has 124 valence electrons. The van der Waals surface area contributed by atoms with Crippen molar-refractivity contribution in [2.75, 3.05) is 35.5 Å². The number of hydrogen-bond donors (Lipinski definition) is 0. The van der Waals surface area contributed by atoms with E-state index >= 15 is 0 Å². The molecule has 0 spiro atoms. The van der Waals surface area contributed by atoms with Crippen LogP contribution in [0.2, 0.25) is 0 Å². The maximum atomic E-state index is 12.2. The maximum absolute atomic E-state index is 12.2. The van der Waals surface area contributed by atoms with Gasteiger partial charge >= 0.3 is 122 Å². The van der Waals surface area contributed by atoms with Crippen molar-refractivity contribution in [1.29, 1.82) is 0 Å². The molecule has 0 aromatic rings. The first-order valence-corrected chi connectivity index (χ1v) is 7.75. The summed E-state index contributed by atoms with van der Waals surface area (Å²) in [6.07, 6.45) is 0. The van der Waals surface area contributed by atoms with Crippen molar-refractivity contribution in [3.8, 4) is 0 Å². The van der Waals surface area contributed by atoms with Gasteiger partial charge in [0.25, 0.3) is 0 Å². The molecule has 1 aliphatic rings. The average Bonchev–Trinajstić information content (AvgIpc) is 2.74. The van der Waals surface area contributed by atoms with E-state index in [2.05, 4.69) is 0 Å². The first-order chi connectivity index (χ1) is 9.62. The molecule has 1 saturated heterocycles. The topological polar surface area (TPSA) is 98.8 Å². The average molecular weight is 328 g/mol. The summed E-state index contributed by atoms with van der Waals surface area (Å²) in [5, 5.41) is 0. The Balaban J connectivity index is 3.56. The van der Waals surface area contributed by atoms with Crippen molar-refractivity contribution >= 4 is 19.7 Å². The summed E-state index contributed by atoms with van der Waals surface area (Å²) >= 11 is 0. The first-order valence-electron chi connectivity index (χ1n) is 5.93. The number of hydrogen-bond acceptors (Lipinski definition) is 9. The molecule has 0 unspecified atom stereocenters. The van der Waals surface area contributed by atoms with Crippen LogP contribution in [0.1, 0.15) is 13.8 Å². The fraction of sp³-hybridized carbons (Fsp3) is 0.818. The summed E-state index contributed by atoms with van der Waals surface area (Å²) in [4.78, 5) is 24.3. The van der Waals surface area contributed by atoms with E-state index in [-0.39, 0.29) is 0 Å². The fourth-order valence-corrected chi connectivity index (χ4v) is 4.71. The first kappa shape index (κ1) is 18.2. The Bertz CT molecular complexity index is 404. The van der Waals surface area contributed by atoms with Crippen LogP contribution in [0.3, 0.4) is 0 Å². The van der Waals surface area contributed by atoms with E-state index in [0.717, 1.165) is 14.2 Å². The molecule has 0 amide bonds. The summed E-state index contributed by atoms with van der Waals surface area (Å²) in [5.74, 6) is -1.74. The molecule has 0 saturated carbocycles. The zero-order valence-corrected chi connectivity index (χ0v) is 14.0. The van der Waals surface area contributed by atoms with Gasteiger partial charge in [0.2, 0.25) is 0 Å². The van der Waals surface area contributed by atoms with Crippen LogP contribution >= 0.6 is 7.74 Å². The van der Waals surface area contributed by atoms with Gasteiger partial charge in [0.1, 0.15) is 0 Å². The number of ether oxygens (including phenoxy) is 2. The summed E-state index contributed by atoms with van der Waals surface area (Å²) < 4.78 is 36.2. The number of methoxy groups -OCH3 is 2. The predicted molar refractivity (Wildman–Crippen MR) is 71.0 cm³/mol. The van der Waals surface area contributed by atoms with Crippen LogP contribution in [0, 0.1) is 0 Å². The van der Waals surface area contributed by atoms with Gasteiger partial charge < -0.3 is 0 Å². The molecule has 1 rings (SSSR count). The molecular weight excluding hydrogens is 307 g/mol. The number of esters is 2. The molecule has 0 radical (unpaired) electrons. The summed E-state index contributed by atoms with van der Waals surface area (Å²) in [6, 6.07) is 0. The molecule has 9 nitrogen and oxygen atoms in total. The van der Waals surface area contributed by atoms with Gasteiger partial charge in [0.05, 0.1) is 0 Å². The van der Waals surface area contributed by atoms with Crippen LogP contribution < -0.4 is 0 Å². The van der Waals surface area contributed by atoms with Crippen LogP contribution in [0.5, 0.6) is 0 Å². The van der Waals surface area contributed by atoms with Crippen molar-refractivity contribution in [2.45, 2.75) is 25.0 Å². The molecule has 10 heteroatoms. The van der Waals surface area contributed by atoms with Crippen molar-refractivity contribution in [2.24, 2.45) is 0 Å². The van der Waals surface area contributed by atoms with Gasteiger partial charge in [0, 0.05) is 0 Å². The molecule has 0 aromatic heterocycles. The Morgan fingerprint density at radius 1 is 0.762 bits per heavy atom. The molecule has 0 aromatic carbocycles. The van der Waals surface area contributed by atoms with E-state index in [9.17, 15) is 9.59 Å². The van der Waals surface area contributed by atoms with Gasteiger partial charge in [-0.15, -0.1) is 0 Å². The summed E-state index contributed by atoms with van der Waals surface area (Å²) in [6.45, 7) is 2.61.